The maximum Gasteiger partial charge on any atom is 0.133 e. The summed E-state index contributed by atoms with van der Waals surface area (Å²) < 4.78 is 5.64. The Morgan fingerprint density at radius 3 is 2.50 bits per heavy atom. The number of carbonyl (C=O) groups excluding carboxylic acids is 1. The summed E-state index contributed by atoms with van der Waals surface area (Å²) in [5.41, 5.74) is 0. The summed E-state index contributed by atoms with van der Waals surface area (Å²) in [5.74, 6) is 1.00. The van der Waals surface area contributed by atoms with Crippen molar-refractivity contribution in [1.29, 1.82) is 0 Å². The van der Waals surface area contributed by atoms with Crippen molar-refractivity contribution < 1.29 is 9.53 Å². The van der Waals surface area contributed by atoms with E-state index in [4.69, 9.17) is 4.74 Å². The van der Waals surface area contributed by atoms with Crippen LogP contribution in [-0.4, -0.2) is 18.5 Å². The van der Waals surface area contributed by atoms with Gasteiger partial charge in [-0.15, -0.1) is 0 Å². The molecule has 0 aliphatic heterocycles. The lowest BCUT2D eigenvalue weighted by Crippen LogP contribution is -2.23. The van der Waals surface area contributed by atoms with Gasteiger partial charge in [0.05, 0.1) is 6.10 Å². The lowest BCUT2D eigenvalue weighted by atomic mass is 9.96. The van der Waals surface area contributed by atoms with Gasteiger partial charge in [0.25, 0.3) is 0 Å². The molecule has 12 heavy (non-hydrogen) atoms. The van der Waals surface area contributed by atoms with Gasteiger partial charge in [0.1, 0.15) is 5.78 Å². The third-order valence-electron chi connectivity index (χ3n) is 2.16. The summed E-state index contributed by atoms with van der Waals surface area (Å²) in [5, 5.41) is 0. The molecule has 0 aromatic heterocycles. The van der Waals surface area contributed by atoms with Gasteiger partial charge in [0.15, 0.2) is 0 Å². The van der Waals surface area contributed by atoms with Gasteiger partial charge in [-0.05, 0) is 18.8 Å². The van der Waals surface area contributed by atoms with Crippen molar-refractivity contribution in [2.24, 2.45) is 5.92 Å². The Balaban J connectivity index is 2.13. The molecule has 70 valence electrons. The molecule has 0 unspecified atom stereocenters. The minimum atomic E-state index is 0.352. The third kappa shape index (κ3) is 3.35. The average molecular weight is 170 g/mol. The van der Waals surface area contributed by atoms with E-state index in [-0.39, 0.29) is 0 Å². The van der Waals surface area contributed by atoms with E-state index < -0.39 is 0 Å². The highest BCUT2D eigenvalue weighted by atomic mass is 16.5. The Kier molecular flexibility index (Phi) is 3.73. The van der Waals surface area contributed by atoms with Crippen molar-refractivity contribution in [3.63, 3.8) is 0 Å². The molecular formula is C10H18O2. The number of ketones is 1. The second kappa shape index (κ2) is 4.61. The Morgan fingerprint density at radius 2 is 2.00 bits per heavy atom. The number of hydrogen-bond acceptors (Lipinski definition) is 2. The van der Waals surface area contributed by atoms with Crippen molar-refractivity contribution in [3.8, 4) is 0 Å². The Bertz CT molecular complexity index is 142. The van der Waals surface area contributed by atoms with E-state index in [1.807, 2.05) is 0 Å². The van der Waals surface area contributed by atoms with Crippen molar-refractivity contribution in [3.05, 3.63) is 0 Å². The SMILES string of the molecule is CC(C)COC1CCC(=O)CC1. The predicted molar refractivity (Wildman–Crippen MR) is 48.1 cm³/mol. The lowest BCUT2D eigenvalue weighted by molar-refractivity contribution is -0.123. The quantitative estimate of drug-likeness (QED) is 0.649. The largest absolute Gasteiger partial charge is 0.378 e. The lowest BCUT2D eigenvalue weighted by Gasteiger charge is -2.22. The number of carbonyl (C=O) groups is 1. The topological polar surface area (TPSA) is 26.3 Å². The first-order chi connectivity index (χ1) is 5.68. The Hall–Kier alpha value is -0.370. The van der Waals surface area contributed by atoms with Crippen LogP contribution in [0.1, 0.15) is 39.5 Å². The Morgan fingerprint density at radius 1 is 1.42 bits per heavy atom. The number of Topliss-reactive ketones (excluding diaryl/α,β-unsaturated/α-hetero) is 1. The van der Waals surface area contributed by atoms with E-state index in [1.165, 1.54) is 0 Å². The molecule has 1 aliphatic carbocycles. The second-order valence-electron chi connectivity index (χ2n) is 3.97. The molecule has 0 radical (unpaired) electrons. The molecule has 1 rings (SSSR count). The van der Waals surface area contributed by atoms with Crippen LogP contribution in [0.2, 0.25) is 0 Å². The van der Waals surface area contributed by atoms with Gasteiger partial charge in [-0.2, -0.15) is 0 Å². The summed E-state index contributed by atoms with van der Waals surface area (Å²) in [6.45, 7) is 5.13. The Labute approximate surface area is 74.3 Å². The van der Waals surface area contributed by atoms with E-state index in [0.717, 1.165) is 32.3 Å². The van der Waals surface area contributed by atoms with Crippen LogP contribution in [0.3, 0.4) is 0 Å². The van der Waals surface area contributed by atoms with E-state index in [2.05, 4.69) is 13.8 Å². The van der Waals surface area contributed by atoms with Gasteiger partial charge in [-0.1, -0.05) is 13.8 Å². The smallest absolute Gasteiger partial charge is 0.133 e. The highest BCUT2D eigenvalue weighted by molar-refractivity contribution is 5.79. The normalized spacial score (nSPS) is 20.4. The van der Waals surface area contributed by atoms with E-state index in [0.29, 0.717) is 17.8 Å². The van der Waals surface area contributed by atoms with Crippen LogP contribution in [0.15, 0.2) is 0 Å². The third-order valence-corrected chi connectivity index (χ3v) is 2.16. The fourth-order valence-corrected chi connectivity index (χ4v) is 1.41. The first-order valence-corrected chi connectivity index (χ1v) is 4.82. The summed E-state index contributed by atoms with van der Waals surface area (Å²) in [6.07, 6.45) is 3.67. The van der Waals surface area contributed by atoms with Crippen molar-refractivity contribution >= 4 is 5.78 Å². The van der Waals surface area contributed by atoms with Crippen molar-refractivity contribution in [1.82, 2.24) is 0 Å². The number of ether oxygens (including phenoxy) is 1. The van der Waals surface area contributed by atoms with Gasteiger partial charge in [-0.25, -0.2) is 0 Å². The van der Waals surface area contributed by atoms with Crippen LogP contribution in [0.5, 0.6) is 0 Å². The van der Waals surface area contributed by atoms with E-state index in [9.17, 15) is 4.79 Å². The zero-order chi connectivity index (χ0) is 8.97. The molecule has 0 saturated heterocycles. The molecule has 0 aromatic rings. The van der Waals surface area contributed by atoms with Gasteiger partial charge in [0.2, 0.25) is 0 Å². The van der Waals surface area contributed by atoms with E-state index in [1.54, 1.807) is 0 Å². The van der Waals surface area contributed by atoms with Crippen LogP contribution < -0.4 is 0 Å². The first-order valence-electron chi connectivity index (χ1n) is 4.82. The first kappa shape index (κ1) is 9.72. The zero-order valence-corrected chi connectivity index (χ0v) is 8.01. The minimum absolute atomic E-state index is 0.352. The molecule has 0 heterocycles. The predicted octanol–water partition coefficient (Wildman–Crippen LogP) is 2.17. The fourth-order valence-electron chi connectivity index (χ4n) is 1.41. The summed E-state index contributed by atoms with van der Waals surface area (Å²) in [4.78, 5) is 10.9. The molecule has 1 saturated carbocycles. The average Bonchev–Trinajstić information content (AvgIpc) is 2.03. The van der Waals surface area contributed by atoms with Crippen molar-refractivity contribution in [2.45, 2.75) is 45.6 Å². The number of hydrogen-bond donors (Lipinski definition) is 0. The second-order valence-corrected chi connectivity index (χ2v) is 3.97. The maximum absolute atomic E-state index is 10.9. The minimum Gasteiger partial charge on any atom is -0.378 e. The fraction of sp³-hybridized carbons (Fsp3) is 0.900. The zero-order valence-electron chi connectivity index (χ0n) is 8.01. The van der Waals surface area contributed by atoms with Gasteiger partial charge in [-0.3, -0.25) is 4.79 Å². The molecule has 1 aliphatic rings. The molecule has 1 fully saturated rings. The molecule has 2 nitrogen and oxygen atoms in total. The van der Waals surface area contributed by atoms with Crippen LogP contribution in [0.25, 0.3) is 0 Å². The highest BCUT2D eigenvalue weighted by Crippen LogP contribution is 2.18. The maximum atomic E-state index is 10.9. The molecule has 0 amide bonds. The highest BCUT2D eigenvalue weighted by Gasteiger charge is 2.18. The summed E-state index contributed by atoms with van der Waals surface area (Å²) >= 11 is 0. The molecule has 0 atom stereocenters. The van der Waals surface area contributed by atoms with Crippen LogP contribution in [-0.2, 0) is 9.53 Å². The molecule has 0 N–H and O–H groups in total. The van der Waals surface area contributed by atoms with E-state index >= 15 is 0 Å². The molecular weight excluding hydrogens is 152 g/mol. The molecule has 0 aromatic carbocycles. The van der Waals surface area contributed by atoms with Crippen LogP contribution in [0, 0.1) is 5.92 Å². The molecule has 0 spiro atoms. The molecule has 2 heteroatoms. The van der Waals surface area contributed by atoms with Crippen molar-refractivity contribution in [2.75, 3.05) is 6.61 Å². The van der Waals surface area contributed by atoms with Gasteiger partial charge >= 0.3 is 0 Å². The van der Waals surface area contributed by atoms with Gasteiger partial charge in [0, 0.05) is 19.4 Å². The number of rotatable bonds is 3. The summed E-state index contributed by atoms with van der Waals surface area (Å²) in [7, 11) is 0. The van der Waals surface area contributed by atoms with Crippen LogP contribution in [0.4, 0.5) is 0 Å². The summed E-state index contributed by atoms with van der Waals surface area (Å²) in [6, 6.07) is 0. The monoisotopic (exact) mass is 170 g/mol. The van der Waals surface area contributed by atoms with Crippen LogP contribution >= 0.6 is 0 Å². The van der Waals surface area contributed by atoms with Gasteiger partial charge < -0.3 is 4.74 Å². The molecule has 0 bridgehead atoms. The standard InChI is InChI=1S/C10H18O2/c1-8(2)7-12-10-5-3-9(11)4-6-10/h8,10H,3-7H2,1-2H3.